The number of carbonyl (C=O) groups excluding carboxylic acids is 1. The molecule has 1 aliphatic rings. The van der Waals surface area contributed by atoms with Crippen LogP contribution in [0.3, 0.4) is 0 Å². The third-order valence-corrected chi connectivity index (χ3v) is 5.79. The topological polar surface area (TPSA) is 79.8 Å². The molecule has 0 aliphatic carbocycles. The maximum Gasteiger partial charge on any atom is 0.226 e. The molecular weight excluding hydrogens is 438 g/mol. The lowest BCUT2D eigenvalue weighted by Crippen LogP contribution is -2.50. The van der Waals surface area contributed by atoms with Crippen molar-refractivity contribution in [2.24, 2.45) is 11.7 Å². The van der Waals surface area contributed by atoms with Gasteiger partial charge in [0, 0.05) is 44.2 Å². The van der Waals surface area contributed by atoms with Gasteiger partial charge in [0.25, 0.3) is 0 Å². The van der Waals surface area contributed by atoms with Crippen molar-refractivity contribution in [3.63, 3.8) is 0 Å². The summed E-state index contributed by atoms with van der Waals surface area (Å²) in [5, 5.41) is 5.51. The molecule has 11 heteroatoms. The summed E-state index contributed by atoms with van der Waals surface area (Å²) in [6, 6.07) is 6.27. The van der Waals surface area contributed by atoms with E-state index in [1.807, 2.05) is 18.0 Å². The van der Waals surface area contributed by atoms with Crippen LogP contribution in [0.4, 0.5) is 9.52 Å². The Morgan fingerprint density at radius 3 is 2.45 bits per heavy atom. The number of nitrogens with two attached hydrogens (primary N) is 1. The van der Waals surface area contributed by atoms with Crippen LogP contribution in [-0.4, -0.2) is 58.1 Å². The highest BCUT2D eigenvalue weighted by atomic mass is 35.5. The number of carbonyl (C=O) groups is 1. The van der Waals surface area contributed by atoms with Crippen molar-refractivity contribution < 1.29 is 9.18 Å². The Morgan fingerprint density at radius 2 is 1.86 bits per heavy atom. The van der Waals surface area contributed by atoms with Crippen LogP contribution in [0.25, 0.3) is 16.2 Å². The van der Waals surface area contributed by atoms with E-state index in [1.54, 1.807) is 16.6 Å². The molecule has 0 saturated carbocycles. The van der Waals surface area contributed by atoms with Crippen molar-refractivity contribution in [1.82, 2.24) is 19.5 Å². The molecule has 1 saturated heterocycles. The van der Waals surface area contributed by atoms with Gasteiger partial charge in [-0.3, -0.25) is 4.79 Å². The molecule has 0 radical (unpaired) electrons. The third-order valence-electron chi connectivity index (χ3n) is 4.81. The van der Waals surface area contributed by atoms with Crippen molar-refractivity contribution in [3.05, 3.63) is 36.3 Å². The molecule has 7 nitrogen and oxygen atoms in total. The highest BCUT2D eigenvalue weighted by Gasteiger charge is 2.26. The summed E-state index contributed by atoms with van der Waals surface area (Å²) < 4.78 is 14.8. The summed E-state index contributed by atoms with van der Waals surface area (Å²) in [6.07, 6.45) is 1.85. The van der Waals surface area contributed by atoms with Gasteiger partial charge >= 0.3 is 0 Å². The lowest BCUT2D eigenvalue weighted by Gasteiger charge is -2.35. The van der Waals surface area contributed by atoms with Gasteiger partial charge in [0.05, 0.1) is 11.9 Å². The van der Waals surface area contributed by atoms with Crippen LogP contribution in [0.15, 0.2) is 30.5 Å². The minimum absolute atomic E-state index is 0. The summed E-state index contributed by atoms with van der Waals surface area (Å²) in [5.41, 5.74) is 7.22. The van der Waals surface area contributed by atoms with Crippen LogP contribution in [0.5, 0.6) is 0 Å². The lowest BCUT2D eigenvalue weighted by atomic mass is 10.1. The molecule has 158 valence electrons. The number of fused-ring (bicyclic) bond motifs is 1. The van der Waals surface area contributed by atoms with Crippen molar-refractivity contribution in [1.29, 1.82) is 0 Å². The molecule has 3 heterocycles. The van der Waals surface area contributed by atoms with E-state index in [4.69, 9.17) is 5.73 Å². The molecule has 0 spiro atoms. The molecule has 3 aromatic rings. The van der Waals surface area contributed by atoms with Gasteiger partial charge in [0.2, 0.25) is 16.0 Å². The molecule has 2 aromatic heterocycles. The second-order valence-corrected chi connectivity index (χ2v) is 7.63. The van der Waals surface area contributed by atoms with E-state index in [1.165, 1.54) is 23.5 Å². The maximum absolute atomic E-state index is 13.1. The third kappa shape index (κ3) is 4.80. The monoisotopic (exact) mass is 460 g/mol. The summed E-state index contributed by atoms with van der Waals surface area (Å²) in [6.45, 7) is 5.06. The number of benzene rings is 1. The first kappa shape index (κ1) is 23.3. The Kier molecular flexibility index (Phi) is 7.81. The standard InChI is InChI=1S/C18H21FN6OS.2ClH/c1-12(10-20)16(26)23-6-8-24(9-7-23)18-22-25-11-15(21-17(25)27-18)13-2-4-14(19)5-3-13;;/h2-5,11-12H,6-10,20H2,1H3;2*1H. The van der Waals surface area contributed by atoms with Crippen LogP contribution in [0.1, 0.15) is 6.92 Å². The predicted octanol–water partition coefficient (Wildman–Crippen LogP) is 2.68. The molecule has 1 atom stereocenters. The Bertz CT molecular complexity index is 924. The van der Waals surface area contributed by atoms with E-state index in [9.17, 15) is 9.18 Å². The van der Waals surface area contributed by atoms with Crippen LogP contribution in [0, 0.1) is 11.7 Å². The van der Waals surface area contributed by atoms with E-state index in [0.717, 1.165) is 34.4 Å². The number of aromatic nitrogens is 3. The van der Waals surface area contributed by atoms with E-state index < -0.39 is 0 Å². The first-order valence-corrected chi connectivity index (χ1v) is 9.73. The van der Waals surface area contributed by atoms with Gasteiger partial charge in [-0.2, -0.15) is 0 Å². The first-order valence-electron chi connectivity index (χ1n) is 8.91. The Balaban J connectivity index is 0.00000150. The van der Waals surface area contributed by atoms with Crippen LogP contribution in [0.2, 0.25) is 0 Å². The second-order valence-electron chi connectivity index (χ2n) is 6.69. The van der Waals surface area contributed by atoms with Crippen LogP contribution in [-0.2, 0) is 4.79 Å². The summed E-state index contributed by atoms with van der Waals surface area (Å²) >= 11 is 1.51. The van der Waals surface area contributed by atoms with E-state index in [2.05, 4.69) is 15.0 Å². The van der Waals surface area contributed by atoms with Crippen molar-refractivity contribution in [2.75, 3.05) is 37.6 Å². The van der Waals surface area contributed by atoms with Gasteiger partial charge in [0.15, 0.2) is 0 Å². The Labute approximate surface area is 184 Å². The zero-order valence-electron chi connectivity index (χ0n) is 15.8. The number of nitrogens with zero attached hydrogens (tertiary/aromatic N) is 5. The fraction of sp³-hybridized carbons (Fsp3) is 0.389. The quantitative estimate of drug-likeness (QED) is 0.647. The zero-order valence-corrected chi connectivity index (χ0v) is 18.3. The fourth-order valence-electron chi connectivity index (χ4n) is 3.11. The Hall–Kier alpha value is -1.94. The average Bonchev–Trinajstić information content (AvgIpc) is 3.27. The second kappa shape index (κ2) is 9.71. The van der Waals surface area contributed by atoms with E-state index in [0.29, 0.717) is 19.6 Å². The number of imidazole rings is 1. The first-order chi connectivity index (χ1) is 13.0. The summed E-state index contributed by atoms with van der Waals surface area (Å²) in [4.78, 5) is 21.7. The highest BCUT2D eigenvalue weighted by molar-refractivity contribution is 7.20. The van der Waals surface area contributed by atoms with Gasteiger partial charge in [-0.1, -0.05) is 18.3 Å². The van der Waals surface area contributed by atoms with Gasteiger partial charge in [-0.25, -0.2) is 13.9 Å². The van der Waals surface area contributed by atoms with Crippen molar-refractivity contribution in [3.8, 4) is 11.3 Å². The van der Waals surface area contributed by atoms with Gasteiger partial charge in [-0.05, 0) is 24.3 Å². The molecule has 0 bridgehead atoms. The fourth-order valence-corrected chi connectivity index (χ4v) is 4.04. The lowest BCUT2D eigenvalue weighted by molar-refractivity contribution is -0.134. The average molecular weight is 461 g/mol. The SMILES string of the molecule is CC(CN)C(=O)N1CCN(c2nn3cc(-c4ccc(F)cc4)nc3s2)CC1.Cl.Cl. The van der Waals surface area contributed by atoms with Crippen molar-refractivity contribution in [2.45, 2.75) is 6.92 Å². The number of anilines is 1. The number of rotatable bonds is 4. The highest BCUT2D eigenvalue weighted by Crippen LogP contribution is 2.27. The summed E-state index contributed by atoms with van der Waals surface area (Å²) in [7, 11) is 0. The molecule has 1 unspecified atom stereocenters. The molecule has 1 amide bonds. The molecule has 4 rings (SSSR count). The number of hydrogen-bond donors (Lipinski definition) is 1. The van der Waals surface area contributed by atoms with E-state index >= 15 is 0 Å². The normalized spacial score (nSPS) is 15.0. The van der Waals surface area contributed by atoms with Crippen LogP contribution < -0.4 is 10.6 Å². The largest absolute Gasteiger partial charge is 0.343 e. The molecule has 1 aromatic carbocycles. The van der Waals surface area contributed by atoms with Gasteiger partial charge < -0.3 is 15.5 Å². The zero-order chi connectivity index (χ0) is 19.0. The van der Waals surface area contributed by atoms with Crippen molar-refractivity contribution >= 4 is 52.2 Å². The van der Waals surface area contributed by atoms with Gasteiger partial charge in [-0.15, -0.1) is 29.9 Å². The smallest absolute Gasteiger partial charge is 0.226 e. The predicted molar refractivity (Wildman–Crippen MR) is 118 cm³/mol. The molecule has 1 fully saturated rings. The van der Waals surface area contributed by atoms with Crippen LogP contribution >= 0.6 is 36.2 Å². The number of amides is 1. The number of piperazine rings is 1. The maximum atomic E-state index is 13.1. The minimum Gasteiger partial charge on any atom is -0.343 e. The van der Waals surface area contributed by atoms with Gasteiger partial charge in [0.1, 0.15) is 5.82 Å². The number of hydrogen-bond acceptors (Lipinski definition) is 6. The molecule has 2 N–H and O–H groups in total. The molecule has 1 aliphatic heterocycles. The summed E-state index contributed by atoms with van der Waals surface area (Å²) in [5.74, 6) is -0.279. The number of halogens is 3. The molecule has 29 heavy (non-hydrogen) atoms. The van der Waals surface area contributed by atoms with E-state index in [-0.39, 0.29) is 42.5 Å². The molecular formula is C18H23Cl2FN6OS. The Morgan fingerprint density at radius 1 is 1.21 bits per heavy atom. The minimum atomic E-state index is -0.265.